The van der Waals surface area contributed by atoms with Crippen molar-refractivity contribution >= 4 is 11.9 Å². The fourth-order valence-electron chi connectivity index (χ4n) is 5.28. The van der Waals surface area contributed by atoms with Gasteiger partial charge in [0.25, 0.3) is 6.08 Å². The van der Waals surface area contributed by atoms with Gasteiger partial charge in [0, 0.05) is 11.9 Å². The van der Waals surface area contributed by atoms with Crippen molar-refractivity contribution in [3.8, 4) is 0 Å². The number of hydrogen-bond acceptors (Lipinski definition) is 4. The predicted molar refractivity (Wildman–Crippen MR) is 180 cm³/mol. The molecule has 0 aliphatic carbocycles. The van der Waals surface area contributed by atoms with Crippen LogP contribution in [0, 0.1) is 0 Å². The fraction of sp³-hybridized carbons (Fsp3) is 0.895. The van der Waals surface area contributed by atoms with Gasteiger partial charge in [-0.3, -0.25) is 0 Å². The molecule has 0 fully saturated rings. The SMILES string of the molecule is C=C(F)F.CCCCCCCCCCCCCCCCCC(=O)[O-].CCCCCCCCCCCCCCCCCC(=O)[O-].[Zn+2]. The van der Waals surface area contributed by atoms with Crippen LogP contribution in [0.3, 0.4) is 0 Å². The number of carboxylic acid groups (broad SMARTS) is 2. The smallest absolute Gasteiger partial charge is 0.550 e. The second-order valence-corrected chi connectivity index (χ2v) is 12.5. The number of unbranched alkanes of at least 4 members (excludes halogenated alkanes) is 28. The summed E-state index contributed by atoms with van der Waals surface area (Å²) in [6.45, 7) is 6.76. The monoisotopic (exact) mass is 694 g/mol. The van der Waals surface area contributed by atoms with Gasteiger partial charge in [-0.1, -0.05) is 194 Å². The van der Waals surface area contributed by atoms with E-state index >= 15 is 0 Å². The van der Waals surface area contributed by atoms with Gasteiger partial charge in [0.2, 0.25) is 0 Å². The molecule has 264 valence electrons. The van der Waals surface area contributed by atoms with Crippen LogP contribution in [0.15, 0.2) is 12.7 Å². The van der Waals surface area contributed by atoms with Gasteiger partial charge < -0.3 is 19.8 Å². The van der Waals surface area contributed by atoms with Crippen molar-refractivity contribution in [2.45, 2.75) is 219 Å². The summed E-state index contributed by atoms with van der Waals surface area (Å²) < 4.78 is 20.3. The van der Waals surface area contributed by atoms with E-state index in [1.165, 1.54) is 167 Å². The minimum absolute atomic E-state index is 0. The topological polar surface area (TPSA) is 80.3 Å². The molecule has 0 aromatic carbocycles. The third-order valence-corrected chi connectivity index (χ3v) is 7.97. The molecule has 7 heteroatoms. The molecule has 0 aliphatic rings. The molecule has 0 aromatic rings. The number of carbonyl (C=O) groups excluding carboxylic acids is 2. The second kappa shape index (κ2) is 47.6. The zero-order valence-electron chi connectivity index (χ0n) is 29.9. The normalized spacial score (nSPS) is 10.2. The van der Waals surface area contributed by atoms with Crippen molar-refractivity contribution in [2.75, 3.05) is 0 Å². The Morgan fingerprint density at radius 3 is 0.667 bits per heavy atom. The molecule has 4 nitrogen and oxygen atoms in total. The molecule has 0 radical (unpaired) electrons. The van der Waals surface area contributed by atoms with E-state index in [2.05, 4.69) is 20.4 Å². The molecule has 45 heavy (non-hydrogen) atoms. The van der Waals surface area contributed by atoms with Crippen LogP contribution in [-0.4, -0.2) is 11.9 Å². The summed E-state index contributed by atoms with van der Waals surface area (Å²) in [7, 11) is 0. The number of rotatable bonds is 32. The van der Waals surface area contributed by atoms with Crippen molar-refractivity contribution in [1.29, 1.82) is 0 Å². The van der Waals surface area contributed by atoms with Crippen molar-refractivity contribution in [3.05, 3.63) is 12.7 Å². The summed E-state index contributed by atoms with van der Waals surface area (Å²) in [5.74, 6) is -1.81. The van der Waals surface area contributed by atoms with E-state index in [1.807, 2.05) is 0 Å². The van der Waals surface area contributed by atoms with E-state index in [9.17, 15) is 28.6 Å². The Balaban J connectivity index is -0.000000327. The van der Waals surface area contributed by atoms with Gasteiger partial charge in [-0.15, -0.1) is 0 Å². The third-order valence-electron chi connectivity index (χ3n) is 7.97. The molecule has 0 N–H and O–H groups in total. The Kier molecular flexibility index (Phi) is 53.9. The van der Waals surface area contributed by atoms with Crippen LogP contribution in [0.1, 0.15) is 219 Å². The summed E-state index contributed by atoms with van der Waals surface area (Å²) in [5.41, 5.74) is 0. The largest absolute Gasteiger partial charge is 2.00 e. The predicted octanol–water partition coefficient (Wildman–Crippen LogP) is 11.4. The Morgan fingerprint density at radius 2 is 0.533 bits per heavy atom. The van der Waals surface area contributed by atoms with Gasteiger partial charge in [-0.2, -0.15) is 8.78 Å². The zero-order chi connectivity index (χ0) is 33.4. The Bertz CT molecular complexity index is 542. The molecule has 0 aliphatic heterocycles. The average Bonchev–Trinajstić information content (AvgIpc) is 2.97. The molecule has 0 rings (SSSR count). The summed E-state index contributed by atoms with van der Waals surface area (Å²) in [6.07, 6.45) is 37.9. The van der Waals surface area contributed by atoms with Gasteiger partial charge in [-0.25, -0.2) is 0 Å². The maximum absolute atomic E-state index is 10.2. The maximum Gasteiger partial charge on any atom is 2.00 e. The molecule has 0 bridgehead atoms. The quantitative estimate of drug-likeness (QED) is 0.0518. The number of halogens is 2. The van der Waals surface area contributed by atoms with Crippen LogP contribution in [0.4, 0.5) is 8.78 Å². The van der Waals surface area contributed by atoms with Crippen LogP contribution < -0.4 is 10.2 Å². The van der Waals surface area contributed by atoms with E-state index in [0.717, 1.165) is 25.7 Å². The first-order valence-electron chi connectivity index (χ1n) is 18.7. The van der Waals surface area contributed by atoms with Crippen molar-refractivity contribution < 1.29 is 48.1 Å². The van der Waals surface area contributed by atoms with Gasteiger partial charge >= 0.3 is 19.5 Å². The van der Waals surface area contributed by atoms with Gasteiger partial charge in [-0.05, 0) is 32.3 Å². The minimum atomic E-state index is -1.83. The first kappa shape index (κ1) is 51.0. The molecule has 0 atom stereocenters. The van der Waals surface area contributed by atoms with Crippen LogP contribution in [-0.2, 0) is 29.1 Å². The van der Waals surface area contributed by atoms with Crippen molar-refractivity contribution in [1.82, 2.24) is 0 Å². The fourth-order valence-corrected chi connectivity index (χ4v) is 5.28. The van der Waals surface area contributed by atoms with Crippen LogP contribution in [0.5, 0.6) is 0 Å². The van der Waals surface area contributed by atoms with Crippen LogP contribution >= 0.6 is 0 Å². The molecular formula is C38H72F2O4Zn. The number of aliphatic carboxylic acids is 2. The van der Waals surface area contributed by atoms with Crippen molar-refractivity contribution in [2.24, 2.45) is 0 Å². The summed E-state index contributed by atoms with van der Waals surface area (Å²) in [4.78, 5) is 20.4. The number of hydrogen-bond donors (Lipinski definition) is 0. The maximum atomic E-state index is 10.2. The van der Waals surface area contributed by atoms with Crippen molar-refractivity contribution in [3.63, 3.8) is 0 Å². The Hall–Kier alpha value is -0.837. The molecule has 0 aromatic heterocycles. The number of carbonyl (C=O) groups is 2. The van der Waals surface area contributed by atoms with E-state index in [4.69, 9.17) is 0 Å². The summed E-state index contributed by atoms with van der Waals surface area (Å²) in [5, 5.41) is 20.4. The molecule has 0 unspecified atom stereocenters. The molecule has 0 saturated carbocycles. The molecule has 0 saturated heterocycles. The van der Waals surface area contributed by atoms with Gasteiger partial charge in [0.05, 0.1) is 0 Å². The van der Waals surface area contributed by atoms with E-state index in [0.29, 0.717) is 0 Å². The summed E-state index contributed by atoms with van der Waals surface area (Å²) >= 11 is 0. The minimum Gasteiger partial charge on any atom is -0.550 e. The number of carboxylic acids is 2. The molecular weight excluding hydrogens is 624 g/mol. The standard InChI is InChI=1S/2C18H36O2.C2H2F2.Zn/c2*1-2-3-4-5-6-7-8-9-10-11-12-13-14-15-16-17-18(19)20;1-2(3)4;/h2*2-17H2,1H3,(H,19,20);1H2;/q;;;+2/p-2. The zero-order valence-corrected chi connectivity index (χ0v) is 32.9. The molecule has 0 spiro atoms. The Labute approximate surface area is 291 Å². The van der Waals surface area contributed by atoms with E-state index in [-0.39, 0.29) is 32.3 Å². The van der Waals surface area contributed by atoms with E-state index in [1.54, 1.807) is 0 Å². The van der Waals surface area contributed by atoms with Gasteiger partial charge in [0.1, 0.15) is 0 Å². The van der Waals surface area contributed by atoms with Crippen LogP contribution in [0.2, 0.25) is 0 Å². The van der Waals surface area contributed by atoms with E-state index < -0.39 is 18.0 Å². The van der Waals surface area contributed by atoms with Crippen LogP contribution in [0.25, 0.3) is 0 Å². The first-order chi connectivity index (χ1) is 21.3. The Morgan fingerprint density at radius 1 is 0.400 bits per heavy atom. The second-order valence-electron chi connectivity index (χ2n) is 12.5. The third kappa shape index (κ3) is 66.5. The molecule has 0 heterocycles. The first-order valence-corrected chi connectivity index (χ1v) is 18.7. The molecule has 0 amide bonds. The summed E-state index contributed by atoms with van der Waals surface area (Å²) in [6, 6.07) is 0. The average molecular weight is 696 g/mol. The van der Waals surface area contributed by atoms with Gasteiger partial charge in [0.15, 0.2) is 0 Å².